The highest BCUT2D eigenvalue weighted by Crippen LogP contribution is 2.16. The Balaban J connectivity index is 1.35. The SMILES string of the molecule is O=C1CN(Cc2cnc(N3CCCCC3)nc2)C[C@H](Cc2ccccc2)N1. The van der Waals surface area contributed by atoms with Crippen LogP contribution in [0.3, 0.4) is 0 Å². The fourth-order valence-electron chi connectivity index (χ4n) is 3.98. The molecular weight excluding hydrogens is 338 g/mol. The largest absolute Gasteiger partial charge is 0.351 e. The van der Waals surface area contributed by atoms with Crippen LogP contribution in [0.15, 0.2) is 42.7 Å². The molecule has 2 saturated heterocycles. The molecule has 4 rings (SSSR count). The highest BCUT2D eigenvalue weighted by Gasteiger charge is 2.25. The third-order valence-electron chi connectivity index (χ3n) is 5.27. The van der Waals surface area contributed by atoms with Gasteiger partial charge in [0.1, 0.15) is 0 Å². The number of hydrogen-bond donors (Lipinski definition) is 1. The molecule has 2 fully saturated rings. The predicted molar refractivity (Wildman–Crippen MR) is 105 cm³/mol. The maximum atomic E-state index is 12.1. The number of amides is 1. The molecule has 27 heavy (non-hydrogen) atoms. The molecule has 0 saturated carbocycles. The number of piperidine rings is 1. The number of nitrogens with zero attached hydrogens (tertiary/aromatic N) is 4. The van der Waals surface area contributed by atoms with Gasteiger partial charge in [-0.15, -0.1) is 0 Å². The van der Waals surface area contributed by atoms with Crippen LogP contribution < -0.4 is 10.2 Å². The Morgan fingerprint density at radius 1 is 1.00 bits per heavy atom. The van der Waals surface area contributed by atoms with E-state index >= 15 is 0 Å². The second-order valence-electron chi connectivity index (χ2n) is 7.56. The molecule has 0 aliphatic carbocycles. The van der Waals surface area contributed by atoms with E-state index in [4.69, 9.17) is 0 Å². The van der Waals surface area contributed by atoms with E-state index in [1.807, 2.05) is 30.6 Å². The molecule has 142 valence electrons. The predicted octanol–water partition coefficient (Wildman–Crippen LogP) is 2.01. The van der Waals surface area contributed by atoms with Crippen molar-refractivity contribution in [2.75, 3.05) is 31.1 Å². The van der Waals surface area contributed by atoms with Gasteiger partial charge >= 0.3 is 0 Å². The summed E-state index contributed by atoms with van der Waals surface area (Å²) in [5.74, 6) is 0.921. The van der Waals surface area contributed by atoms with Gasteiger partial charge < -0.3 is 10.2 Å². The minimum absolute atomic E-state index is 0.0908. The minimum atomic E-state index is 0.0908. The summed E-state index contributed by atoms with van der Waals surface area (Å²) < 4.78 is 0. The van der Waals surface area contributed by atoms with E-state index in [9.17, 15) is 4.79 Å². The Hall–Kier alpha value is -2.47. The summed E-state index contributed by atoms with van der Waals surface area (Å²) >= 11 is 0. The summed E-state index contributed by atoms with van der Waals surface area (Å²) in [7, 11) is 0. The van der Waals surface area contributed by atoms with E-state index in [0.29, 0.717) is 13.1 Å². The summed E-state index contributed by atoms with van der Waals surface area (Å²) in [6.45, 7) is 4.08. The number of nitrogens with one attached hydrogen (secondary N) is 1. The number of aromatic nitrogens is 2. The summed E-state index contributed by atoms with van der Waals surface area (Å²) in [5, 5.41) is 3.11. The second kappa shape index (κ2) is 8.48. The van der Waals surface area contributed by atoms with Gasteiger partial charge in [0.15, 0.2) is 0 Å². The Labute approximate surface area is 160 Å². The lowest BCUT2D eigenvalue weighted by Gasteiger charge is -2.33. The summed E-state index contributed by atoms with van der Waals surface area (Å²) in [5.41, 5.74) is 2.31. The van der Waals surface area contributed by atoms with Gasteiger partial charge in [-0.25, -0.2) is 9.97 Å². The van der Waals surface area contributed by atoms with Crippen LogP contribution in [0, 0.1) is 0 Å². The minimum Gasteiger partial charge on any atom is -0.351 e. The van der Waals surface area contributed by atoms with Crippen molar-refractivity contribution in [3.05, 3.63) is 53.9 Å². The van der Waals surface area contributed by atoms with Crippen LogP contribution in [0.4, 0.5) is 5.95 Å². The first-order valence-electron chi connectivity index (χ1n) is 9.88. The number of benzene rings is 1. The number of hydrogen-bond acceptors (Lipinski definition) is 5. The van der Waals surface area contributed by atoms with Crippen LogP contribution in [-0.4, -0.2) is 53.0 Å². The lowest BCUT2D eigenvalue weighted by Crippen LogP contribution is -2.54. The molecule has 1 atom stereocenters. The molecule has 2 aliphatic rings. The van der Waals surface area contributed by atoms with E-state index in [-0.39, 0.29) is 11.9 Å². The Kier molecular flexibility index (Phi) is 5.63. The molecule has 0 bridgehead atoms. The second-order valence-corrected chi connectivity index (χ2v) is 7.56. The first kappa shape index (κ1) is 17.9. The van der Waals surface area contributed by atoms with Crippen molar-refractivity contribution in [3.63, 3.8) is 0 Å². The lowest BCUT2D eigenvalue weighted by molar-refractivity contribution is -0.125. The van der Waals surface area contributed by atoms with Crippen molar-refractivity contribution in [2.45, 2.75) is 38.3 Å². The van der Waals surface area contributed by atoms with E-state index in [0.717, 1.165) is 37.6 Å². The first-order chi connectivity index (χ1) is 13.3. The van der Waals surface area contributed by atoms with E-state index in [1.54, 1.807) is 0 Å². The van der Waals surface area contributed by atoms with Crippen molar-refractivity contribution >= 4 is 11.9 Å². The molecule has 0 unspecified atom stereocenters. The average Bonchev–Trinajstić information content (AvgIpc) is 2.70. The molecule has 1 aromatic carbocycles. The highest BCUT2D eigenvalue weighted by molar-refractivity contribution is 5.79. The van der Waals surface area contributed by atoms with Crippen LogP contribution in [0.2, 0.25) is 0 Å². The zero-order chi connectivity index (χ0) is 18.5. The monoisotopic (exact) mass is 365 g/mol. The molecular formula is C21H27N5O. The number of carbonyl (C=O) groups is 1. The van der Waals surface area contributed by atoms with Crippen molar-refractivity contribution in [1.82, 2.24) is 20.2 Å². The lowest BCUT2D eigenvalue weighted by atomic mass is 10.0. The fraction of sp³-hybridized carbons (Fsp3) is 0.476. The van der Waals surface area contributed by atoms with Gasteiger partial charge in [0.2, 0.25) is 11.9 Å². The quantitative estimate of drug-likeness (QED) is 0.878. The number of carbonyl (C=O) groups excluding carboxylic acids is 1. The van der Waals surface area contributed by atoms with Gasteiger partial charge in [-0.1, -0.05) is 30.3 Å². The Morgan fingerprint density at radius 2 is 1.74 bits per heavy atom. The maximum Gasteiger partial charge on any atom is 0.234 e. The van der Waals surface area contributed by atoms with Gasteiger partial charge in [-0.2, -0.15) is 0 Å². The Morgan fingerprint density at radius 3 is 2.48 bits per heavy atom. The van der Waals surface area contributed by atoms with Gasteiger partial charge in [-0.05, 0) is 31.2 Å². The molecule has 6 heteroatoms. The third kappa shape index (κ3) is 4.83. The van der Waals surface area contributed by atoms with E-state index in [2.05, 4.69) is 37.2 Å². The van der Waals surface area contributed by atoms with Gasteiger partial charge in [0.25, 0.3) is 0 Å². The van der Waals surface area contributed by atoms with Crippen LogP contribution in [0.1, 0.15) is 30.4 Å². The van der Waals surface area contributed by atoms with Crippen molar-refractivity contribution < 1.29 is 4.79 Å². The summed E-state index contributed by atoms with van der Waals surface area (Å²) in [6.07, 6.45) is 8.42. The molecule has 3 heterocycles. The molecule has 2 aliphatic heterocycles. The van der Waals surface area contributed by atoms with E-state index in [1.165, 1.54) is 24.8 Å². The molecule has 6 nitrogen and oxygen atoms in total. The topological polar surface area (TPSA) is 61.4 Å². The van der Waals surface area contributed by atoms with Gasteiger partial charge in [0.05, 0.1) is 6.54 Å². The maximum absolute atomic E-state index is 12.1. The number of rotatable bonds is 5. The van der Waals surface area contributed by atoms with Crippen LogP contribution in [-0.2, 0) is 17.8 Å². The van der Waals surface area contributed by atoms with Crippen LogP contribution >= 0.6 is 0 Å². The van der Waals surface area contributed by atoms with Crippen molar-refractivity contribution in [1.29, 1.82) is 0 Å². The zero-order valence-electron chi connectivity index (χ0n) is 15.7. The molecule has 2 aromatic rings. The molecule has 1 amide bonds. The van der Waals surface area contributed by atoms with Crippen molar-refractivity contribution in [3.8, 4) is 0 Å². The average molecular weight is 365 g/mol. The van der Waals surface area contributed by atoms with E-state index < -0.39 is 0 Å². The van der Waals surface area contributed by atoms with Crippen LogP contribution in [0.25, 0.3) is 0 Å². The summed E-state index contributed by atoms with van der Waals surface area (Å²) in [4.78, 5) is 25.7. The highest BCUT2D eigenvalue weighted by atomic mass is 16.2. The van der Waals surface area contributed by atoms with Gasteiger partial charge in [-0.3, -0.25) is 9.69 Å². The Bertz CT molecular complexity index is 743. The molecule has 1 N–H and O–H groups in total. The fourth-order valence-corrected chi connectivity index (χ4v) is 3.98. The molecule has 0 radical (unpaired) electrons. The van der Waals surface area contributed by atoms with Crippen molar-refractivity contribution in [2.24, 2.45) is 0 Å². The molecule has 0 spiro atoms. The normalized spacial score (nSPS) is 21.1. The smallest absolute Gasteiger partial charge is 0.234 e. The zero-order valence-corrected chi connectivity index (χ0v) is 15.7. The summed E-state index contributed by atoms with van der Waals surface area (Å²) in [6, 6.07) is 10.5. The van der Waals surface area contributed by atoms with Gasteiger partial charge in [0, 0.05) is 50.2 Å². The van der Waals surface area contributed by atoms with Crippen LogP contribution in [0.5, 0.6) is 0 Å². The standard InChI is InChI=1S/C21H27N5O/c27-20-16-25(15-19(24-20)11-17-7-3-1-4-8-17)14-18-12-22-21(23-13-18)26-9-5-2-6-10-26/h1,3-4,7-8,12-13,19H,2,5-6,9-11,14-16H2,(H,24,27)/t19-/m0/s1. The molecule has 1 aromatic heterocycles. The third-order valence-corrected chi connectivity index (χ3v) is 5.27. The number of anilines is 1. The number of piperazine rings is 1. The first-order valence-corrected chi connectivity index (χ1v) is 9.88.